The maximum atomic E-state index is 5.87. The van der Waals surface area contributed by atoms with E-state index in [9.17, 15) is 0 Å². The molecule has 0 aliphatic heterocycles. The van der Waals surface area contributed by atoms with Crippen molar-refractivity contribution in [3.05, 3.63) is 59.4 Å². The first kappa shape index (κ1) is 14.8. The van der Waals surface area contributed by atoms with Crippen molar-refractivity contribution in [2.24, 2.45) is 0 Å². The topological polar surface area (TPSA) is 80.5 Å². The van der Waals surface area contributed by atoms with E-state index in [1.807, 2.05) is 30.3 Å². The molecule has 0 unspecified atom stereocenters. The number of nitrogens with one attached hydrogen (secondary N) is 1. The Hall–Kier alpha value is -2.73. The van der Waals surface area contributed by atoms with E-state index in [0.29, 0.717) is 24.0 Å². The molecule has 1 N–H and O–H groups in total. The van der Waals surface area contributed by atoms with Crippen molar-refractivity contribution in [1.82, 2.24) is 25.1 Å². The van der Waals surface area contributed by atoms with Gasteiger partial charge < -0.3 is 9.51 Å². The van der Waals surface area contributed by atoms with E-state index in [1.165, 1.54) is 0 Å². The third-order valence-electron chi connectivity index (χ3n) is 3.69. The summed E-state index contributed by atoms with van der Waals surface area (Å²) >= 11 is 5.87. The molecule has 7 heteroatoms. The predicted molar refractivity (Wildman–Crippen MR) is 90.7 cm³/mol. The molecular weight excluding hydrogens is 326 g/mol. The Kier molecular flexibility index (Phi) is 3.74. The largest absolute Gasteiger partial charge is 0.342 e. The lowest BCUT2D eigenvalue weighted by atomic mass is 10.2. The number of fused-ring (bicyclic) bond motifs is 1. The van der Waals surface area contributed by atoms with E-state index in [2.05, 4.69) is 25.1 Å². The minimum absolute atomic E-state index is 0.475. The van der Waals surface area contributed by atoms with E-state index in [0.717, 1.165) is 33.7 Å². The molecule has 1 aromatic carbocycles. The number of halogens is 1. The highest BCUT2D eigenvalue weighted by atomic mass is 35.5. The molecule has 6 nitrogen and oxygen atoms in total. The molecule has 4 aromatic rings. The fraction of sp³-hybridized carbons (Fsp3) is 0.176. The van der Waals surface area contributed by atoms with Crippen molar-refractivity contribution in [2.75, 3.05) is 0 Å². The Labute approximate surface area is 142 Å². The molecule has 120 valence electrons. The fourth-order valence-corrected chi connectivity index (χ4v) is 2.74. The Morgan fingerprint density at radius 2 is 2.08 bits per heavy atom. The average Bonchev–Trinajstić information content (AvgIpc) is 3.19. The number of aromatic amines is 1. The number of alkyl halides is 1. The second kappa shape index (κ2) is 6.05. The number of rotatable bonds is 4. The maximum Gasteiger partial charge on any atom is 0.257 e. The standard InChI is InChI=1S/C17H14ClN5O/c1-10-20-17(24-23-10)12-2-3-14-15(7-12)22-16(21-14)8-13-6-11(9-18)4-5-19-13/h2-7H,8-9H2,1H3,(H,21,22). The van der Waals surface area contributed by atoms with Crippen LogP contribution in [-0.2, 0) is 12.3 Å². The van der Waals surface area contributed by atoms with E-state index in [-0.39, 0.29) is 0 Å². The molecule has 0 radical (unpaired) electrons. The van der Waals surface area contributed by atoms with Crippen molar-refractivity contribution in [3.63, 3.8) is 0 Å². The summed E-state index contributed by atoms with van der Waals surface area (Å²) in [5, 5.41) is 3.82. The molecule has 3 aromatic heterocycles. The van der Waals surface area contributed by atoms with Gasteiger partial charge in [-0.3, -0.25) is 4.98 Å². The summed E-state index contributed by atoms with van der Waals surface area (Å²) in [5.74, 6) is 2.44. The van der Waals surface area contributed by atoms with Gasteiger partial charge in [0.05, 0.1) is 11.0 Å². The SMILES string of the molecule is Cc1noc(-c2ccc3nc(Cc4cc(CCl)ccn4)[nH]c3c2)n1. The molecule has 3 heterocycles. The van der Waals surface area contributed by atoms with Crippen LogP contribution in [0.1, 0.15) is 22.9 Å². The van der Waals surface area contributed by atoms with Crippen LogP contribution in [0.5, 0.6) is 0 Å². The van der Waals surface area contributed by atoms with Gasteiger partial charge in [-0.15, -0.1) is 11.6 Å². The monoisotopic (exact) mass is 339 g/mol. The van der Waals surface area contributed by atoms with Gasteiger partial charge in [0.25, 0.3) is 5.89 Å². The van der Waals surface area contributed by atoms with E-state index < -0.39 is 0 Å². The Morgan fingerprint density at radius 1 is 1.17 bits per heavy atom. The first-order valence-corrected chi connectivity index (χ1v) is 8.04. The molecule has 24 heavy (non-hydrogen) atoms. The number of nitrogens with zero attached hydrogens (tertiary/aromatic N) is 4. The zero-order valence-corrected chi connectivity index (χ0v) is 13.7. The zero-order valence-electron chi connectivity index (χ0n) is 13.0. The minimum atomic E-state index is 0.475. The van der Waals surface area contributed by atoms with Crippen LogP contribution >= 0.6 is 11.6 Å². The lowest BCUT2D eigenvalue weighted by Crippen LogP contribution is -1.95. The maximum absolute atomic E-state index is 5.87. The molecule has 0 fully saturated rings. The molecule has 0 amide bonds. The van der Waals surface area contributed by atoms with E-state index in [1.54, 1.807) is 13.1 Å². The summed E-state index contributed by atoms with van der Waals surface area (Å²) < 4.78 is 5.21. The molecule has 0 atom stereocenters. The molecular formula is C17H14ClN5O. The van der Waals surface area contributed by atoms with Gasteiger partial charge in [0.15, 0.2) is 5.82 Å². The van der Waals surface area contributed by atoms with Crippen LogP contribution in [0.2, 0.25) is 0 Å². The number of hydrogen-bond donors (Lipinski definition) is 1. The van der Waals surface area contributed by atoms with Crippen LogP contribution in [0.3, 0.4) is 0 Å². The van der Waals surface area contributed by atoms with Crippen LogP contribution in [0.15, 0.2) is 41.1 Å². The van der Waals surface area contributed by atoms with Crippen LogP contribution < -0.4 is 0 Å². The van der Waals surface area contributed by atoms with E-state index >= 15 is 0 Å². The second-order valence-corrected chi connectivity index (χ2v) is 5.80. The molecule has 0 spiro atoms. The third kappa shape index (κ3) is 2.88. The van der Waals surface area contributed by atoms with Gasteiger partial charge in [-0.25, -0.2) is 4.98 Å². The molecule has 0 bridgehead atoms. The highest BCUT2D eigenvalue weighted by molar-refractivity contribution is 6.17. The van der Waals surface area contributed by atoms with Crippen molar-refractivity contribution in [3.8, 4) is 11.5 Å². The summed E-state index contributed by atoms with van der Waals surface area (Å²) in [6.45, 7) is 1.79. The summed E-state index contributed by atoms with van der Waals surface area (Å²) in [5.41, 5.74) is 4.65. The quantitative estimate of drug-likeness (QED) is 0.574. The Bertz CT molecular complexity index is 1010. The normalized spacial score (nSPS) is 11.2. The lowest BCUT2D eigenvalue weighted by molar-refractivity contribution is 0.425. The third-order valence-corrected chi connectivity index (χ3v) is 4.00. The Morgan fingerprint density at radius 3 is 2.88 bits per heavy atom. The number of aryl methyl sites for hydroxylation is 1. The highest BCUT2D eigenvalue weighted by Gasteiger charge is 2.10. The lowest BCUT2D eigenvalue weighted by Gasteiger charge is -1.99. The summed E-state index contributed by atoms with van der Waals surface area (Å²) in [4.78, 5) is 16.5. The average molecular weight is 340 g/mol. The molecule has 4 rings (SSSR count). The van der Waals surface area contributed by atoms with Gasteiger partial charge >= 0.3 is 0 Å². The molecule has 0 aliphatic rings. The number of benzene rings is 1. The van der Waals surface area contributed by atoms with Crippen LogP contribution in [-0.4, -0.2) is 25.1 Å². The van der Waals surface area contributed by atoms with Crippen LogP contribution in [0, 0.1) is 6.92 Å². The molecule has 0 saturated carbocycles. The number of imidazole rings is 1. The first-order valence-electron chi connectivity index (χ1n) is 7.50. The number of aromatic nitrogens is 5. The van der Waals surface area contributed by atoms with Crippen molar-refractivity contribution < 1.29 is 4.52 Å². The van der Waals surface area contributed by atoms with Gasteiger partial charge in [-0.05, 0) is 42.8 Å². The van der Waals surface area contributed by atoms with Gasteiger partial charge in [0.2, 0.25) is 0 Å². The number of H-pyrrole nitrogens is 1. The van der Waals surface area contributed by atoms with Gasteiger partial charge in [-0.2, -0.15) is 4.98 Å². The smallest absolute Gasteiger partial charge is 0.257 e. The van der Waals surface area contributed by atoms with Crippen molar-refractivity contribution in [2.45, 2.75) is 19.2 Å². The van der Waals surface area contributed by atoms with Crippen LogP contribution in [0.4, 0.5) is 0 Å². The number of hydrogen-bond acceptors (Lipinski definition) is 5. The van der Waals surface area contributed by atoms with Crippen molar-refractivity contribution in [1.29, 1.82) is 0 Å². The fourth-order valence-electron chi connectivity index (χ4n) is 2.57. The minimum Gasteiger partial charge on any atom is -0.342 e. The highest BCUT2D eigenvalue weighted by Crippen LogP contribution is 2.22. The summed E-state index contributed by atoms with van der Waals surface area (Å²) in [6, 6.07) is 9.72. The molecule has 0 aliphatic carbocycles. The predicted octanol–water partition coefficient (Wildman–Crippen LogP) is 3.65. The molecule has 0 saturated heterocycles. The Balaban J connectivity index is 1.65. The van der Waals surface area contributed by atoms with Gasteiger partial charge in [0, 0.05) is 29.8 Å². The zero-order chi connectivity index (χ0) is 16.5. The first-order chi connectivity index (χ1) is 11.7. The van der Waals surface area contributed by atoms with Gasteiger partial charge in [0.1, 0.15) is 5.82 Å². The van der Waals surface area contributed by atoms with E-state index in [4.69, 9.17) is 16.1 Å². The van der Waals surface area contributed by atoms with Gasteiger partial charge in [-0.1, -0.05) is 5.16 Å². The van der Waals surface area contributed by atoms with Crippen molar-refractivity contribution >= 4 is 22.6 Å². The summed E-state index contributed by atoms with van der Waals surface area (Å²) in [6.07, 6.45) is 2.39. The summed E-state index contributed by atoms with van der Waals surface area (Å²) in [7, 11) is 0. The van der Waals surface area contributed by atoms with Crippen LogP contribution in [0.25, 0.3) is 22.5 Å². The number of pyridine rings is 1. The second-order valence-electron chi connectivity index (χ2n) is 5.53.